The topological polar surface area (TPSA) is 13.1 Å². The van der Waals surface area contributed by atoms with Gasteiger partial charge in [-0.05, 0) is 66.7 Å². The molecule has 0 amide bonds. The second-order valence-corrected chi connectivity index (χ2v) is 9.88. The molecule has 0 unspecified atom stereocenters. The summed E-state index contributed by atoms with van der Waals surface area (Å²) < 4.78 is 213. The van der Waals surface area contributed by atoms with Crippen LogP contribution in [0.25, 0.3) is 88.0 Å². The Morgan fingerprint density at radius 2 is 1.00 bits per heavy atom. The summed E-state index contributed by atoms with van der Waals surface area (Å²) in [7, 11) is 0. The van der Waals surface area contributed by atoms with E-state index in [0.717, 1.165) is 0 Å². The first-order valence-corrected chi connectivity index (χ1v) is 13.6. The predicted molar refractivity (Wildman–Crippen MR) is 190 cm³/mol. The van der Waals surface area contributed by atoms with Crippen molar-refractivity contribution in [1.82, 2.24) is 0 Å². The quantitative estimate of drug-likeness (QED) is 0.184. The second-order valence-electron chi connectivity index (χ2n) is 9.88. The van der Waals surface area contributed by atoms with E-state index in [9.17, 15) is 11.0 Å². The Balaban J connectivity index is 1.72. The molecule has 0 radical (unpaired) electrons. The van der Waals surface area contributed by atoms with Crippen LogP contribution in [0.3, 0.4) is 0 Å². The van der Waals surface area contributed by atoms with E-state index in [1.807, 2.05) is 0 Å². The molecular formula is C44H28O. The average Bonchev–Trinajstić information content (AvgIpc) is 3.72. The third-order valence-electron chi connectivity index (χ3n) is 7.44. The Kier molecular flexibility index (Phi) is 2.66. The van der Waals surface area contributed by atoms with Gasteiger partial charge in [-0.25, -0.2) is 0 Å². The zero-order chi connectivity index (χ0) is 49.8. The largest absolute Gasteiger partial charge is 0.455 e. The van der Waals surface area contributed by atoms with Crippen LogP contribution in [0.4, 0.5) is 0 Å². The summed E-state index contributed by atoms with van der Waals surface area (Å²) in [6, 6.07) is -11.6. The fourth-order valence-electron chi connectivity index (χ4n) is 5.58. The Bertz CT molecular complexity index is 3700. The summed E-state index contributed by atoms with van der Waals surface area (Å²) in [6.45, 7) is 0. The van der Waals surface area contributed by atoms with Crippen LogP contribution in [0, 0.1) is 0 Å². The van der Waals surface area contributed by atoms with E-state index >= 15 is 0 Å². The zero-order valence-electron chi connectivity index (χ0n) is 45.8. The van der Waals surface area contributed by atoms with Gasteiger partial charge in [0.15, 0.2) is 0 Å². The van der Waals surface area contributed by atoms with Crippen LogP contribution in [-0.2, 0) is 0 Å². The number of furan rings is 1. The van der Waals surface area contributed by atoms with Crippen LogP contribution in [-0.4, -0.2) is 0 Å². The van der Waals surface area contributed by atoms with Crippen molar-refractivity contribution in [2.24, 2.45) is 0 Å². The molecule has 210 valence electrons. The number of benzene rings is 8. The smallest absolute Gasteiger partial charge is 0.143 e. The summed E-state index contributed by atoms with van der Waals surface area (Å²) in [4.78, 5) is 0. The van der Waals surface area contributed by atoms with Crippen LogP contribution < -0.4 is 0 Å². The highest BCUT2D eigenvalue weighted by Crippen LogP contribution is 2.50. The minimum atomic E-state index is -0.929. The number of hydrogen-bond acceptors (Lipinski definition) is 1. The lowest BCUT2D eigenvalue weighted by atomic mass is 9.84. The molecule has 45 heavy (non-hydrogen) atoms. The van der Waals surface area contributed by atoms with E-state index in [0.29, 0.717) is 0 Å². The maximum absolute atomic E-state index is 9.90. The molecule has 0 aliphatic carbocycles. The molecular weight excluding hydrogens is 544 g/mol. The molecule has 0 fully saturated rings. The molecule has 9 rings (SSSR count). The highest BCUT2D eigenvalue weighted by atomic mass is 16.3. The SMILES string of the molecule is [2H]c1c([2H])c([2H])c(-c2c([2H])c([2H])c3oc(-c4c([2H])c([2H])c([2H])c5c([2H])c([2H])c([2H])c([2H])c45)c(-c4c5c([2H])c([2H])c([2H])c([2H])c5c(-c5ccccc5)c5c([2H])c([2H])c([2H])c([2H])c45)c3c2[2H])c([2H])c1[2H]. The van der Waals surface area contributed by atoms with E-state index in [4.69, 9.17) is 25.0 Å². The van der Waals surface area contributed by atoms with Crippen molar-refractivity contribution in [3.8, 4) is 44.7 Å². The Morgan fingerprint density at radius 3 is 1.71 bits per heavy atom. The fraction of sp³-hybridized carbons (Fsp3) is 0. The standard InChI is InChI=1S/C44H28O/c1-3-14-29(15-4-1)32-26-27-40-39(28-32)43(44(45-40)38-25-13-19-30-16-7-8-20-33(30)38)42-36-23-11-9-21-34(36)41(31-17-5-2-6-18-31)35-22-10-12-24-37(35)42/h1-28H/i1D,3D,4D,7D,8D,9D,10D,11D,12D,13D,14D,15D,16D,19D,20D,21D,22D,23D,24D,25D,26D,27D,28D. The molecule has 1 nitrogen and oxygen atoms in total. The molecule has 1 heteroatoms. The molecule has 0 aliphatic heterocycles. The minimum absolute atomic E-state index is 0.0963. The van der Waals surface area contributed by atoms with Crippen LogP contribution in [0.1, 0.15) is 31.5 Å². The van der Waals surface area contributed by atoms with Crippen molar-refractivity contribution in [3.63, 3.8) is 0 Å². The van der Waals surface area contributed by atoms with Gasteiger partial charge in [0, 0.05) is 22.1 Å². The van der Waals surface area contributed by atoms with Crippen LogP contribution in [0.2, 0.25) is 0 Å². The summed E-state index contributed by atoms with van der Waals surface area (Å²) in [5, 5.41) is -3.46. The molecule has 0 atom stereocenters. The van der Waals surface area contributed by atoms with E-state index < -0.39 is 205 Å². The van der Waals surface area contributed by atoms with Crippen LogP contribution in [0.15, 0.2) is 174 Å². The normalized spacial score (nSPS) is 18.7. The Hall–Kier alpha value is -5.92. The first kappa shape index (κ1) is 11.5. The lowest BCUT2D eigenvalue weighted by molar-refractivity contribution is 0.633. The molecule has 0 spiro atoms. The van der Waals surface area contributed by atoms with Gasteiger partial charge in [-0.2, -0.15) is 0 Å². The van der Waals surface area contributed by atoms with Gasteiger partial charge >= 0.3 is 0 Å². The van der Waals surface area contributed by atoms with Gasteiger partial charge in [0.25, 0.3) is 0 Å². The lowest BCUT2D eigenvalue weighted by Crippen LogP contribution is -1.92. The van der Waals surface area contributed by atoms with Gasteiger partial charge in [0.2, 0.25) is 0 Å². The second kappa shape index (κ2) is 10.4. The molecule has 8 aromatic carbocycles. The molecule has 0 bridgehead atoms. The fourth-order valence-corrected chi connectivity index (χ4v) is 5.58. The van der Waals surface area contributed by atoms with Crippen molar-refractivity contribution in [1.29, 1.82) is 0 Å². The van der Waals surface area contributed by atoms with Gasteiger partial charge in [-0.1, -0.05) is 157 Å². The molecule has 0 saturated heterocycles. The van der Waals surface area contributed by atoms with Crippen molar-refractivity contribution < 1.29 is 35.9 Å². The first-order valence-electron chi connectivity index (χ1n) is 25.1. The zero-order valence-corrected chi connectivity index (χ0v) is 22.8. The van der Waals surface area contributed by atoms with E-state index in [1.165, 1.54) is 12.1 Å². The van der Waals surface area contributed by atoms with Gasteiger partial charge < -0.3 is 4.42 Å². The van der Waals surface area contributed by atoms with Crippen molar-refractivity contribution in [2.45, 2.75) is 0 Å². The van der Waals surface area contributed by atoms with Gasteiger partial charge in [-0.15, -0.1) is 0 Å². The number of rotatable bonds is 4. The van der Waals surface area contributed by atoms with Gasteiger partial charge in [0.1, 0.15) is 11.3 Å². The van der Waals surface area contributed by atoms with Crippen LogP contribution >= 0.6 is 0 Å². The molecule has 0 saturated carbocycles. The number of hydrogen-bond donors (Lipinski definition) is 0. The van der Waals surface area contributed by atoms with Crippen molar-refractivity contribution in [2.75, 3.05) is 0 Å². The molecule has 0 N–H and O–H groups in total. The third kappa shape index (κ3) is 4.09. The maximum Gasteiger partial charge on any atom is 0.143 e. The van der Waals surface area contributed by atoms with E-state index in [2.05, 4.69) is 0 Å². The molecule has 9 aromatic rings. The highest BCUT2D eigenvalue weighted by Gasteiger charge is 2.25. The molecule has 0 aliphatic rings. The minimum Gasteiger partial charge on any atom is -0.455 e. The summed E-state index contributed by atoms with van der Waals surface area (Å²) in [5.41, 5.74) is -3.95. The van der Waals surface area contributed by atoms with E-state index in [-0.39, 0.29) is 21.9 Å². The monoisotopic (exact) mass is 595 g/mol. The third-order valence-corrected chi connectivity index (χ3v) is 7.44. The van der Waals surface area contributed by atoms with E-state index in [1.54, 1.807) is 18.2 Å². The summed E-state index contributed by atoms with van der Waals surface area (Å²) >= 11 is 0. The first-order chi connectivity index (χ1) is 31.9. The van der Waals surface area contributed by atoms with Gasteiger partial charge in [0.05, 0.1) is 31.5 Å². The molecule has 1 aromatic heterocycles. The Labute approximate surface area is 293 Å². The summed E-state index contributed by atoms with van der Waals surface area (Å²) in [6.07, 6.45) is 0. The van der Waals surface area contributed by atoms with Gasteiger partial charge in [-0.3, -0.25) is 0 Å². The maximum atomic E-state index is 9.90. The highest BCUT2D eigenvalue weighted by molar-refractivity contribution is 6.25. The Morgan fingerprint density at radius 1 is 0.400 bits per heavy atom. The lowest BCUT2D eigenvalue weighted by Gasteiger charge is -2.18. The van der Waals surface area contributed by atoms with Crippen molar-refractivity contribution >= 4 is 43.3 Å². The average molecular weight is 596 g/mol. The van der Waals surface area contributed by atoms with Crippen molar-refractivity contribution in [3.05, 3.63) is 169 Å². The van der Waals surface area contributed by atoms with Crippen LogP contribution in [0.5, 0.6) is 0 Å². The molecule has 1 heterocycles. The number of fused-ring (bicyclic) bond motifs is 4. The predicted octanol–water partition coefficient (Wildman–Crippen LogP) is 12.6. The summed E-state index contributed by atoms with van der Waals surface area (Å²) in [5.74, 6) is -0.775.